The molecule has 4 heteroatoms. The molecule has 1 atom stereocenters. The third kappa shape index (κ3) is 2.53. The van der Waals surface area contributed by atoms with Crippen molar-refractivity contribution in [3.05, 3.63) is 102 Å². The van der Waals surface area contributed by atoms with Crippen molar-refractivity contribution in [3.63, 3.8) is 0 Å². The Morgan fingerprint density at radius 2 is 1.63 bits per heavy atom. The van der Waals surface area contributed by atoms with Crippen LogP contribution in [0.5, 0.6) is 0 Å². The molecule has 4 nitrogen and oxygen atoms in total. The normalized spacial score (nSPS) is 17.2. The van der Waals surface area contributed by atoms with Crippen LogP contribution in [0.25, 0.3) is 16.6 Å². The average molecular weight is 395 g/mol. The van der Waals surface area contributed by atoms with E-state index in [-0.39, 0.29) is 18.8 Å². The first kappa shape index (κ1) is 18.4. The molecule has 30 heavy (non-hydrogen) atoms. The highest BCUT2D eigenvalue weighted by Crippen LogP contribution is 2.44. The van der Waals surface area contributed by atoms with E-state index >= 15 is 0 Å². The number of nitrogens with zero attached hydrogens (tertiary/aromatic N) is 1. The van der Waals surface area contributed by atoms with Crippen LogP contribution in [0.15, 0.2) is 84.9 Å². The van der Waals surface area contributed by atoms with E-state index in [9.17, 15) is 9.59 Å². The van der Waals surface area contributed by atoms with Crippen LogP contribution in [0.3, 0.4) is 0 Å². The zero-order chi connectivity index (χ0) is 20.7. The second kappa shape index (κ2) is 6.99. The van der Waals surface area contributed by atoms with Crippen molar-refractivity contribution in [2.75, 3.05) is 6.61 Å². The molecule has 5 rings (SSSR count). The molecule has 0 N–H and O–H groups in total. The van der Waals surface area contributed by atoms with Crippen molar-refractivity contribution >= 4 is 22.7 Å². The Morgan fingerprint density at radius 3 is 2.43 bits per heavy atom. The van der Waals surface area contributed by atoms with Crippen molar-refractivity contribution in [2.24, 2.45) is 0 Å². The molecule has 0 radical (unpaired) electrons. The molecule has 0 saturated heterocycles. The van der Waals surface area contributed by atoms with Gasteiger partial charge in [-0.05, 0) is 30.7 Å². The van der Waals surface area contributed by atoms with E-state index in [0.29, 0.717) is 11.3 Å². The van der Waals surface area contributed by atoms with Crippen LogP contribution in [-0.2, 0) is 21.4 Å². The van der Waals surface area contributed by atoms with Crippen molar-refractivity contribution in [2.45, 2.75) is 18.8 Å². The molecule has 0 aliphatic carbocycles. The Morgan fingerprint density at radius 1 is 0.933 bits per heavy atom. The van der Waals surface area contributed by atoms with Gasteiger partial charge < -0.3 is 9.30 Å². The number of hydrogen-bond donors (Lipinski definition) is 0. The van der Waals surface area contributed by atoms with Gasteiger partial charge in [-0.2, -0.15) is 0 Å². The molecule has 0 fully saturated rings. The third-order valence-corrected chi connectivity index (χ3v) is 5.88. The second-order valence-electron chi connectivity index (χ2n) is 7.55. The van der Waals surface area contributed by atoms with Crippen LogP contribution in [0.4, 0.5) is 0 Å². The highest BCUT2D eigenvalue weighted by Gasteiger charge is 2.53. The number of Topliss-reactive ketones (excluding diaryl/α,β-unsaturated/α-hetero) is 1. The van der Waals surface area contributed by atoms with E-state index in [2.05, 4.69) is 0 Å². The Hall–Kier alpha value is -3.66. The Kier molecular flexibility index (Phi) is 4.28. The van der Waals surface area contributed by atoms with Gasteiger partial charge in [0.25, 0.3) is 0 Å². The molecule has 1 aromatic heterocycles. The molecule has 3 aromatic carbocycles. The summed E-state index contributed by atoms with van der Waals surface area (Å²) in [5.74, 6) is -0.738. The van der Waals surface area contributed by atoms with Gasteiger partial charge in [-0.1, -0.05) is 66.7 Å². The quantitative estimate of drug-likeness (QED) is 0.281. The van der Waals surface area contributed by atoms with E-state index in [1.807, 2.05) is 77.4 Å². The summed E-state index contributed by atoms with van der Waals surface area (Å²) >= 11 is 0. The van der Waals surface area contributed by atoms with Gasteiger partial charge >= 0.3 is 5.97 Å². The maximum absolute atomic E-state index is 14.0. The zero-order valence-electron chi connectivity index (χ0n) is 16.7. The molecule has 1 aliphatic heterocycles. The van der Waals surface area contributed by atoms with Crippen molar-refractivity contribution in [1.82, 2.24) is 4.57 Å². The van der Waals surface area contributed by atoms with Crippen LogP contribution in [-0.4, -0.2) is 22.9 Å². The highest BCUT2D eigenvalue weighted by molar-refractivity contribution is 6.18. The Balaban J connectivity index is 1.87. The number of fused-ring (bicyclic) bond motifs is 5. The molecule has 0 saturated carbocycles. The zero-order valence-corrected chi connectivity index (χ0v) is 16.7. The van der Waals surface area contributed by atoms with Crippen LogP contribution in [0, 0.1) is 0 Å². The predicted molar refractivity (Wildman–Crippen MR) is 116 cm³/mol. The van der Waals surface area contributed by atoms with E-state index < -0.39 is 11.4 Å². The average Bonchev–Trinajstić information content (AvgIpc) is 3.19. The number of ketones is 1. The summed E-state index contributed by atoms with van der Waals surface area (Å²) in [5, 5.41) is 0.985. The lowest BCUT2D eigenvalue weighted by molar-refractivity contribution is -0.148. The molecule has 1 unspecified atom stereocenters. The van der Waals surface area contributed by atoms with Crippen molar-refractivity contribution in [1.29, 1.82) is 0 Å². The lowest BCUT2D eigenvalue weighted by Gasteiger charge is -2.36. The molecule has 1 aliphatic rings. The minimum atomic E-state index is -1.44. The first-order chi connectivity index (χ1) is 14.7. The first-order valence-electron chi connectivity index (χ1n) is 10.1. The summed E-state index contributed by atoms with van der Waals surface area (Å²) in [6.07, 6.45) is 0.270. The van der Waals surface area contributed by atoms with Gasteiger partial charge in [-0.25, -0.2) is 0 Å². The lowest BCUT2D eigenvalue weighted by atomic mass is 9.70. The third-order valence-electron chi connectivity index (χ3n) is 5.88. The molecule has 2 heterocycles. The van der Waals surface area contributed by atoms with Gasteiger partial charge in [0, 0.05) is 28.8 Å². The van der Waals surface area contributed by atoms with Gasteiger partial charge in [0.1, 0.15) is 0 Å². The summed E-state index contributed by atoms with van der Waals surface area (Å²) in [5.41, 5.74) is 2.63. The van der Waals surface area contributed by atoms with E-state index in [1.54, 1.807) is 19.1 Å². The monoisotopic (exact) mass is 395 g/mol. The number of carbonyl (C=O) groups excluding carboxylic acids is 2. The topological polar surface area (TPSA) is 48.3 Å². The lowest BCUT2D eigenvalue weighted by Crippen LogP contribution is -2.50. The van der Waals surface area contributed by atoms with Crippen LogP contribution >= 0.6 is 0 Å². The highest BCUT2D eigenvalue weighted by atomic mass is 16.5. The Bertz CT molecular complexity index is 1270. The molecular formula is C26H21NO3. The summed E-state index contributed by atoms with van der Waals surface area (Å²) in [4.78, 5) is 27.5. The standard InChI is InChI=1S/C26H21NO3/c1-2-30-25(29)26(24(28)18-10-4-3-5-11-18)17-20-13-7-9-15-22(20)27-21-14-8-6-12-19(21)16-23(26)27/h3-16H,2,17H2,1H3. The first-order valence-corrected chi connectivity index (χ1v) is 10.1. The van der Waals surface area contributed by atoms with E-state index in [1.165, 1.54) is 0 Å². The van der Waals surface area contributed by atoms with E-state index in [4.69, 9.17) is 4.74 Å². The number of carbonyl (C=O) groups is 2. The molecule has 0 amide bonds. The number of hydrogen-bond acceptors (Lipinski definition) is 3. The number of benzene rings is 3. The summed E-state index contributed by atoms with van der Waals surface area (Å²) in [6, 6.07) is 26.9. The maximum atomic E-state index is 14.0. The van der Waals surface area contributed by atoms with Gasteiger partial charge in [0.2, 0.25) is 0 Å². The molecule has 4 aromatic rings. The van der Waals surface area contributed by atoms with Gasteiger partial charge in [0.05, 0.1) is 12.1 Å². The summed E-state index contributed by atoms with van der Waals surface area (Å²) < 4.78 is 7.57. The molecule has 0 spiro atoms. The van der Waals surface area contributed by atoms with Crippen molar-refractivity contribution in [3.8, 4) is 5.69 Å². The predicted octanol–water partition coefficient (Wildman–Crippen LogP) is 4.87. The molecule has 0 bridgehead atoms. The van der Waals surface area contributed by atoms with Crippen molar-refractivity contribution < 1.29 is 14.3 Å². The van der Waals surface area contributed by atoms with E-state index in [0.717, 1.165) is 22.2 Å². The minimum absolute atomic E-state index is 0.213. The fourth-order valence-corrected chi connectivity index (χ4v) is 4.54. The Labute approximate surface area is 174 Å². The van der Waals surface area contributed by atoms with Gasteiger partial charge in [0.15, 0.2) is 11.2 Å². The van der Waals surface area contributed by atoms with Crippen LogP contribution < -0.4 is 0 Å². The maximum Gasteiger partial charge on any atom is 0.326 e. The fourth-order valence-electron chi connectivity index (χ4n) is 4.54. The number of rotatable bonds is 4. The SMILES string of the molecule is CCOC(=O)C1(C(=O)c2ccccc2)Cc2ccccc2-n2c1cc1ccccc12. The summed E-state index contributed by atoms with van der Waals surface area (Å²) in [6.45, 7) is 1.98. The second-order valence-corrected chi connectivity index (χ2v) is 7.55. The van der Waals surface area contributed by atoms with Crippen LogP contribution in [0.1, 0.15) is 28.5 Å². The summed E-state index contributed by atoms with van der Waals surface area (Å²) in [7, 11) is 0. The number of esters is 1. The molecule has 148 valence electrons. The smallest absolute Gasteiger partial charge is 0.326 e. The largest absolute Gasteiger partial charge is 0.465 e. The van der Waals surface area contributed by atoms with Gasteiger partial charge in [-0.15, -0.1) is 0 Å². The molecular weight excluding hydrogens is 374 g/mol. The van der Waals surface area contributed by atoms with Crippen LogP contribution in [0.2, 0.25) is 0 Å². The number of aromatic nitrogens is 1. The van der Waals surface area contributed by atoms with Gasteiger partial charge in [-0.3, -0.25) is 9.59 Å². The number of ether oxygens (including phenoxy) is 1. The minimum Gasteiger partial charge on any atom is -0.465 e. The number of para-hydroxylation sites is 2. The fraction of sp³-hybridized carbons (Fsp3) is 0.154.